The Hall–Kier alpha value is 0.467. The Morgan fingerprint density at radius 2 is 1.91 bits per heavy atom. The van der Waals surface area contributed by atoms with E-state index in [0.29, 0.717) is 6.42 Å². The Labute approximate surface area is 79.4 Å². The average molecular weight is 174 g/mol. The average Bonchev–Trinajstić information content (AvgIpc) is 1.78. The van der Waals surface area contributed by atoms with Gasteiger partial charge in [0.1, 0.15) is 0 Å². The first-order valence-electron chi connectivity index (χ1n) is 3.16. The molecule has 0 aromatic rings. The van der Waals surface area contributed by atoms with Crippen molar-refractivity contribution in [1.29, 1.82) is 0 Å². The molecule has 11 heavy (non-hydrogen) atoms. The van der Waals surface area contributed by atoms with E-state index in [1.54, 1.807) is 0 Å². The van der Waals surface area contributed by atoms with Crippen molar-refractivity contribution in [3.8, 4) is 0 Å². The van der Waals surface area contributed by atoms with Gasteiger partial charge in [0.05, 0.1) is 6.61 Å². The molecular formula is C5H11LiO4S. The molecule has 6 heteroatoms. The molecule has 0 rings (SSSR count). The second-order valence-electron chi connectivity index (χ2n) is 1.94. The van der Waals surface area contributed by atoms with Gasteiger partial charge in [0.25, 0.3) is 0 Å². The maximum atomic E-state index is 9.82. The largest absolute Gasteiger partial charge is 1.00 e. The summed E-state index contributed by atoms with van der Waals surface area (Å²) in [4.78, 5) is 0. The second kappa shape index (κ2) is 7.13. The molecule has 0 aromatic heterocycles. The van der Waals surface area contributed by atoms with Crippen LogP contribution in [0, 0.1) is 0 Å². The molecule has 0 saturated heterocycles. The molecule has 0 aliphatic heterocycles. The number of hydrogen-bond acceptors (Lipinski definition) is 4. The maximum absolute atomic E-state index is 9.82. The molecule has 0 unspecified atom stereocenters. The van der Waals surface area contributed by atoms with Crippen molar-refractivity contribution in [2.75, 3.05) is 6.61 Å². The SMILES string of the molecule is CCCCCOS(=O)(=O)[O-].[Li+]. The third kappa shape index (κ3) is 13.5. The van der Waals surface area contributed by atoms with Crippen LogP contribution in [-0.2, 0) is 14.6 Å². The van der Waals surface area contributed by atoms with Crippen molar-refractivity contribution in [3.63, 3.8) is 0 Å². The summed E-state index contributed by atoms with van der Waals surface area (Å²) >= 11 is 0. The van der Waals surface area contributed by atoms with Crippen LogP contribution in [0.1, 0.15) is 26.2 Å². The zero-order valence-electron chi connectivity index (χ0n) is 6.87. The molecule has 4 nitrogen and oxygen atoms in total. The topological polar surface area (TPSA) is 66.4 Å². The molecule has 0 heterocycles. The number of unbranched alkanes of at least 4 members (excludes halogenated alkanes) is 2. The molecule has 0 N–H and O–H groups in total. The third-order valence-electron chi connectivity index (χ3n) is 0.976. The first-order valence-corrected chi connectivity index (χ1v) is 4.50. The summed E-state index contributed by atoms with van der Waals surface area (Å²) in [6.07, 6.45) is 2.48. The van der Waals surface area contributed by atoms with Crippen LogP contribution in [0.2, 0.25) is 0 Å². The summed E-state index contributed by atoms with van der Waals surface area (Å²) in [5, 5.41) is 0. The number of hydrogen-bond donors (Lipinski definition) is 0. The Kier molecular flexibility index (Phi) is 9.09. The van der Waals surface area contributed by atoms with Crippen molar-refractivity contribution in [3.05, 3.63) is 0 Å². The molecule has 0 spiro atoms. The fourth-order valence-corrected chi connectivity index (χ4v) is 0.835. The molecule has 62 valence electrons. The second-order valence-corrected chi connectivity index (χ2v) is 2.99. The van der Waals surface area contributed by atoms with E-state index in [9.17, 15) is 13.0 Å². The van der Waals surface area contributed by atoms with Gasteiger partial charge < -0.3 is 4.55 Å². The summed E-state index contributed by atoms with van der Waals surface area (Å²) < 4.78 is 33.4. The normalized spacial score (nSPS) is 10.7. The first kappa shape index (κ1) is 14.0. The van der Waals surface area contributed by atoms with Gasteiger partial charge in [-0.1, -0.05) is 19.8 Å². The van der Waals surface area contributed by atoms with E-state index in [2.05, 4.69) is 4.18 Å². The molecule has 0 aliphatic carbocycles. The van der Waals surface area contributed by atoms with Gasteiger partial charge in [-0.25, -0.2) is 8.42 Å². The van der Waals surface area contributed by atoms with E-state index in [0.717, 1.165) is 12.8 Å². The van der Waals surface area contributed by atoms with Crippen LogP contribution in [0.5, 0.6) is 0 Å². The summed E-state index contributed by atoms with van der Waals surface area (Å²) in [5.41, 5.74) is 0. The molecule has 0 atom stereocenters. The zero-order chi connectivity index (χ0) is 8.04. The maximum Gasteiger partial charge on any atom is 1.00 e. The van der Waals surface area contributed by atoms with Gasteiger partial charge >= 0.3 is 18.9 Å². The van der Waals surface area contributed by atoms with E-state index < -0.39 is 10.4 Å². The minimum absolute atomic E-state index is 0. The standard InChI is InChI=1S/C5H12O4S.Li/c1-2-3-4-5-9-10(6,7)8;/h2-5H2,1H3,(H,6,7,8);/q;+1/p-1. The summed E-state index contributed by atoms with van der Waals surface area (Å²) in [6, 6.07) is 0. The molecular weight excluding hydrogens is 163 g/mol. The van der Waals surface area contributed by atoms with Crippen LogP contribution in [0.4, 0.5) is 0 Å². The van der Waals surface area contributed by atoms with Gasteiger partial charge in [0.15, 0.2) is 0 Å². The summed E-state index contributed by atoms with van der Waals surface area (Å²) in [5.74, 6) is 0. The Bertz CT molecular complexity index is 165. The van der Waals surface area contributed by atoms with Gasteiger partial charge in [0.2, 0.25) is 10.4 Å². The van der Waals surface area contributed by atoms with Crippen LogP contribution in [0.25, 0.3) is 0 Å². The smallest absolute Gasteiger partial charge is 0.726 e. The molecule has 0 bridgehead atoms. The van der Waals surface area contributed by atoms with Gasteiger partial charge in [0, 0.05) is 0 Å². The molecule has 0 saturated carbocycles. The number of rotatable bonds is 5. The fraction of sp³-hybridized carbons (Fsp3) is 1.00. The summed E-state index contributed by atoms with van der Waals surface area (Å²) in [6.45, 7) is 1.99. The van der Waals surface area contributed by atoms with Crippen molar-refractivity contribution in [2.45, 2.75) is 26.2 Å². The Balaban J connectivity index is 0. The molecule has 0 aromatic carbocycles. The molecule has 0 radical (unpaired) electrons. The van der Waals surface area contributed by atoms with E-state index in [-0.39, 0.29) is 25.5 Å². The van der Waals surface area contributed by atoms with Crippen LogP contribution >= 0.6 is 0 Å². The van der Waals surface area contributed by atoms with Gasteiger partial charge in [-0.15, -0.1) is 0 Å². The third-order valence-corrected chi connectivity index (χ3v) is 1.43. The predicted molar refractivity (Wildman–Crippen MR) is 35.2 cm³/mol. The van der Waals surface area contributed by atoms with E-state index in [4.69, 9.17) is 0 Å². The van der Waals surface area contributed by atoms with Crippen LogP contribution in [-0.4, -0.2) is 19.6 Å². The van der Waals surface area contributed by atoms with E-state index in [1.807, 2.05) is 6.92 Å². The van der Waals surface area contributed by atoms with Gasteiger partial charge in [-0.2, -0.15) is 0 Å². The van der Waals surface area contributed by atoms with Crippen molar-refractivity contribution in [1.82, 2.24) is 0 Å². The van der Waals surface area contributed by atoms with E-state index in [1.165, 1.54) is 0 Å². The Morgan fingerprint density at radius 1 is 1.36 bits per heavy atom. The minimum atomic E-state index is -4.45. The van der Waals surface area contributed by atoms with Crippen molar-refractivity contribution >= 4 is 10.4 Å². The molecule has 0 fully saturated rings. The molecule has 0 aliphatic rings. The summed E-state index contributed by atoms with van der Waals surface area (Å²) in [7, 11) is -4.45. The quantitative estimate of drug-likeness (QED) is 0.203. The van der Waals surface area contributed by atoms with Crippen LogP contribution in [0.3, 0.4) is 0 Å². The van der Waals surface area contributed by atoms with Gasteiger partial charge in [-0.3, -0.25) is 4.18 Å². The molecule has 0 amide bonds. The van der Waals surface area contributed by atoms with Crippen LogP contribution < -0.4 is 18.9 Å². The minimum Gasteiger partial charge on any atom is -0.726 e. The fourth-order valence-electron chi connectivity index (χ4n) is 0.513. The first-order chi connectivity index (χ1) is 4.56. The van der Waals surface area contributed by atoms with Gasteiger partial charge in [-0.05, 0) is 6.42 Å². The van der Waals surface area contributed by atoms with Crippen molar-refractivity contribution in [2.24, 2.45) is 0 Å². The van der Waals surface area contributed by atoms with E-state index >= 15 is 0 Å². The Morgan fingerprint density at radius 3 is 2.27 bits per heavy atom. The van der Waals surface area contributed by atoms with Crippen LogP contribution in [0.15, 0.2) is 0 Å². The predicted octanol–water partition coefficient (Wildman–Crippen LogP) is -2.34. The van der Waals surface area contributed by atoms with Crippen molar-refractivity contribution < 1.29 is 36.0 Å². The monoisotopic (exact) mass is 174 g/mol. The zero-order valence-corrected chi connectivity index (χ0v) is 7.69.